The third kappa shape index (κ3) is 4.08. The van der Waals surface area contributed by atoms with Crippen LogP contribution < -0.4 is 5.43 Å². The number of halogens is 3. The Morgan fingerprint density at radius 3 is 2.71 bits per heavy atom. The van der Waals surface area contributed by atoms with Crippen LogP contribution in [0.5, 0.6) is 5.75 Å². The van der Waals surface area contributed by atoms with Gasteiger partial charge < -0.3 is 5.11 Å². The molecule has 0 radical (unpaired) electrons. The Kier molecular flexibility index (Phi) is 5.40. The first kappa shape index (κ1) is 17.2. The summed E-state index contributed by atoms with van der Waals surface area (Å²) in [5, 5.41) is 17.1. The quantitative estimate of drug-likeness (QED) is 0.383. The number of thiazole rings is 1. The molecular formula is C16H10BrCl2N3OS. The first-order chi connectivity index (χ1) is 11.5. The van der Waals surface area contributed by atoms with Gasteiger partial charge in [-0.2, -0.15) is 5.10 Å². The lowest BCUT2D eigenvalue weighted by atomic mass is 10.2. The van der Waals surface area contributed by atoms with Crippen LogP contribution in [0.3, 0.4) is 0 Å². The minimum atomic E-state index is -0.0682. The summed E-state index contributed by atoms with van der Waals surface area (Å²) in [6.45, 7) is 0. The molecule has 122 valence electrons. The van der Waals surface area contributed by atoms with Gasteiger partial charge in [-0.15, -0.1) is 11.3 Å². The molecule has 1 aromatic heterocycles. The van der Waals surface area contributed by atoms with Crippen LogP contribution in [-0.2, 0) is 0 Å². The summed E-state index contributed by atoms with van der Waals surface area (Å²) < 4.78 is 1.02. The summed E-state index contributed by atoms with van der Waals surface area (Å²) in [6, 6.07) is 10.9. The molecule has 0 fully saturated rings. The maximum Gasteiger partial charge on any atom is 0.203 e. The molecule has 0 amide bonds. The standard InChI is InChI=1S/C16H10BrCl2N3OS/c17-11-3-1-9(2-4-11)14-8-24-16(21-14)22-20-7-10-5-12(18)6-13(19)15(10)23/h1-8,23H,(H,21,22)/b20-7-. The van der Waals surface area contributed by atoms with Gasteiger partial charge in [0.1, 0.15) is 5.75 Å². The molecule has 0 aliphatic rings. The van der Waals surface area contributed by atoms with E-state index in [4.69, 9.17) is 23.2 Å². The topological polar surface area (TPSA) is 57.5 Å². The number of nitrogens with zero attached hydrogens (tertiary/aromatic N) is 2. The molecule has 0 aliphatic heterocycles. The summed E-state index contributed by atoms with van der Waals surface area (Å²) in [4.78, 5) is 4.46. The monoisotopic (exact) mass is 441 g/mol. The van der Waals surface area contributed by atoms with Crippen molar-refractivity contribution in [3.63, 3.8) is 0 Å². The Morgan fingerprint density at radius 2 is 1.96 bits per heavy atom. The number of phenols is 1. The SMILES string of the molecule is Oc1c(Cl)cc(Cl)cc1/C=N\Nc1nc(-c2ccc(Br)cc2)cs1. The van der Waals surface area contributed by atoms with Gasteiger partial charge in [-0.3, -0.25) is 5.43 Å². The molecule has 0 bridgehead atoms. The average Bonchev–Trinajstić information content (AvgIpc) is 3.01. The van der Waals surface area contributed by atoms with Gasteiger partial charge in [0.15, 0.2) is 0 Å². The number of anilines is 1. The van der Waals surface area contributed by atoms with Crippen LogP contribution in [0, 0.1) is 0 Å². The Balaban J connectivity index is 1.73. The third-order valence-corrected chi connectivity index (χ3v) is 4.85. The highest BCUT2D eigenvalue weighted by Gasteiger charge is 2.06. The molecular weight excluding hydrogens is 433 g/mol. The lowest BCUT2D eigenvalue weighted by Crippen LogP contribution is -1.91. The van der Waals surface area contributed by atoms with Gasteiger partial charge >= 0.3 is 0 Å². The van der Waals surface area contributed by atoms with E-state index < -0.39 is 0 Å². The van der Waals surface area contributed by atoms with E-state index in [-0.39, 0.29) is 10.8 Å². The number of aromatic nitrogens is 1. The van der Waals surface area contributed by atoms with Gasteiger partial charge in [-0.1, -0.05) is 51.3 Å². The molecule has 3 aromatic rings. The Morgan fingerprint density at radius 1 is 1.21 bits per heavy atom. The molecule has 2 aromatic carbocycles. The number of hydrogen-bond donors (Lipinski definition) is 2. The molecule has 0 saturated carbocycles. The van der Waals surface area contributed by atoms with Crippen molar-refractivity contribution in [2.24, 2.45) is 5.10 Å². The highest BCUT2D eigenvalue weighted by Crippen LogP contribution is 2.30. The Bertz CT molecular complexity index is 897. The summed E-state index contributed by atoms with van der Waals surface area (Å²) in [6.07, 6.45) is 1.44. The first-order valence-corrected chi connectivity index (χ1v) is 9.14. The van der Waals surface area contributed by atoms with Crippen LogP contribution in [0.2, 0.25) is 10.0 Å². The summed E-state index contributed by atoms with van der Waals surface area (Å²) in [5.41, 5.74) is 5.13. The minimum absolute atomic E-state index is 0.0682. The Labute approximate surface area is 160 Å². The second-order valence-electron chi connectivity index (χ2n) is 4.74. The van der Waals surface area contributed by atoms with Crippen LogP contribution in [0.25, 0.3) is 11.3 Å². The predicted molar refractivity (Wildman–Crippen MR) is 105 cm³/mol. The maximum atomic E-state index is 9.87. The number of rotatable bonds is 4. The minimum Gasteiger partial charge on any atom is -0.506 e. The van der Waals surface area contributed by atoms with E-state index in [9.17, 15) is 5.11 Å². The van der Waals surface area contributed by atoms with Gasteiger partial charge in [-0.25, -0.2) is 4.98 Å². The van der Waals surface area contributed by atoms with Crippen LogP contribution in [-0.4, -0.2) is 16.3 Å². The van der Waals surface area contributed by atoms with Gasteiger partial charge in [-0.05, 0) is 24.3 Å². The molecule has 2 N–H and O–H groups in total. The molecule has 8 heteroatoms. The zero-order valence-corrected chi connectivity index (χ0v) is 15.9. The highest BCUT2D eigenvalue weighted by molar-refractivity contribution is 9.10. The second-order valence-corrected chi connectivity index (χ2v) is 7.36. The fourth-order valence-electron chi connectivity index (χ4n) is 1.92. The molecule has 0 aliphatic carbocycles. The molecule has 24 heavy (non-hydrogen) atoms. The van der Waals surface area contributed by atoms with E-state index in [2.05, 4.69) is 31.4 Å². The van der Waals surface area contributed by atoms with Crippen molar-refractivity contribution in [2.75, 3.05) is 5.43 Å². The van der Waals surface area contributed by atoms with E-state index in [1.807, 2.05) is 29.6 Å². The number of hydrazone groups is 1. The number of phenolic OH excluding ortho intramolecular Hbond substituents is 1. The third-order valence-electron chi connectivity index (χ3n) is 3.07. The van der Waals surface area contributed by atoms with Crippen molar-refractivity contribution in [2.45, 2.75) is 0 Å². The van der Waals surface area contributed by atoms with Crippen molar-refractivity contribution < 1.29 is 5.11 Å². The fraction of sp³-hybridized carbons (Fsp3) is 0. The molecule has 4 nitrogen and oxygen atoms in total. The molecule has 0 saturated heterocycles. The predicted octanol–water partition coefficient (Wildman–Crippen LogP) is 6.03. The normalized spacial score (nSPS) is 11.1. The molecule has 0 unspecified atom stereocenters. The number of hydrogen-bond acceptors (Lipinski definition) is 5. The van der Waals surface area contributed by atoms with Crippen molar-refractivity contribution in [1.82, 2.24) is 4.98 Å². The van der Waals surface area contributed by atoms with E-state index in [0.717, 1.165) is 15.7 Å². The Hall–Kier alpha value is -1.60. The molecule has 0 spiro atoms. The van der Waals surface area contributed by atoms with E-state index in [1.165, 1.54) is 23.6 Å². The molecule has 3 rings (SSSR count). The summed E-state index contributed by atoms with van der Waals surface area (Å²) in [7, 11) is 0. The smallest absolute Gasteiger partial charge is 0.203 e. The average molecular weight is 443 g/mol. The van der Waals surface area contributed by atoms with Crippen LogP contribution >= 0.6 is 50.5 Å². The van der Waals surface area contributed by atoms with Gasteiger partial charge in [0.25, 0.3) is 0 Å². The second kappa shape index (κ2) is 7.53. The largest absolute Gasteiger partial charge is 0.506 e. The van der Waals surface area contributed by atoms with Gasteiger partial charge in [0, 0.05) is 26.0 Å². The number of aromatic hydroxyl groups is 1. The first-order valence-electron chi connectivity index (χ1n) is 6.71. The van der Waals surface area contributed by atoms with E-state index in [0.29, 0.717) is 15.7 Å². The fourth-order valence-corrected chi connectivity index (χ4v) is 3.36. The van der Waals surface area contributed by atoms with Crippen LogP contribution in [0.1, 0.15) is 5.56 Å². The number of nitrogens with one attached hydrogen (secondary N) is 1. The van der Waals surface area contributed by atoms with Crippen molar-refractivity contribution >= 4 is 61.8 Å². The zero-order chi connectivity index (χ0) is 17.1. The van der Waals surface area contributed by atoms with Crippen molar-refractivity contribution in [3.05, 3.63) is 61.9 Å². The van der Waals surface area contributed by atoms with E-state index in [1.54, 1.807) is 6.07 Å². The van der Waals surface area contributed by atoms with Crippen LogP contribution in [0.4, 0.5) is 5.13 Å². The van der Waals surface area contributed by atoms with Crippen molar-refractivity contribution in [1.29, 1.82) is 0 Å². The molecule has 1 heterocycles. The van der Waals surface area contributed by atoms with Gasteiger partial charge in [0.05, 0.1) is 16.9 Å². The van der Waals surface area contributed by atoms with Gasteiger partial charge in [0.2, 0.25) is 5.13 Å². The highest BCUT2D eigenvalue weighted by atomic mass is 79.9. The maximum absolute atomic E-state index is 9.87. The summed E-state index contributed by atoms with van der Waals surface area (Å²) in [5.74, 6) is -0.0682. The lowest BCUT2D eigenvalue weighted by Gasteiger charge is -2.02. The lowest BCUT2D eigenvalue weighted by molar-refractivity contribution is 0.475. The summed E-state index contributed by atoms with van der Waals surface area (Å²) >= 11 is 16.6. The van der Waals surface area contributed by atoms with E-state index >= 15 is 0 Å². The zero-order valence-electron chi connectivity index (χ0n) is 12.0. The number of benzene rings is 2. The molecule has 0 atom stereocenters. The van der Waals surface area contributed by atoms with Crippen LogP contribution in [0.15, 0.2) is 51.4 Å². The van der Waals surface area contributed by atoms with Crippen molar-refractivity contribution in [3.8, 4) is 17.0 Å².